The van der Waals surface area contributed by atoms with Gasteiger partial charge in [-0.2, -0.15) is 0 Å². The third-order valence-electron chi connectivity index (χ3n) is 5.81. The molecule has 2 aromatic carbocycles. The Morgan fingerprint density at radius 1 is 0.935 bits per heavy atom. The molecule has 31 heavy (non-hydrogen) atoms. The lowest BCUT2D eigenvalue weighted by atomic mass is 10.0. The Morgan fingerprint density at radius 2 is 1.65 bits per heavy atom. The molecule has 0 atom stereocenters. The topological polar surface area (TPSA) is 67.9 Å². The summed E-state index contributed by atoms with van der Waals surface area (Å²) in [5, 5.41) is 3.02. The fourth-order valence-electron chi connectivity index (χ4n) is 3.76. The van der Waals surface area contributed by atoms with Gasteiger partial charge in [0.05, 0.1) is 0 Å². The fourth-order valence-corrected chi connectivity index (χ4v) is 3.76. The third kappa shape index (κ3) is 6.23. The number of aryl methyl sites for hydroxylation is 3. The van der Waals surface area contributed by atoms with Crippen LogP contribution in [0.15, 0.2) is 36.4 Å². The molecule has 0 spiro atoms. The number of nitrogens with zero attached hydrogens (tertiary/aromatic N) is 1. The van der Waals surface area contributed by atoms with Crippen LogP contribution < -0.4 is 14.8 Å². The van der Waals surface area contributed by atoms with Crippen molar-refractivity contribution in [3.8, 4) is 11.5 Å². The summed E-state index contributed by atoms with van der Waals surface area (Å²) in [6.45, 7) is 9.25. The molecule has 166 valence electrons. The van der Waals surface area contributed by atoms with Crippen molar-refractivity contribution in [1.82, 2.24) is 10.2 Å². The van der Waals surface area contributed by atoms with E-state index in [1.54, 1.807) is 4.90 Å². The van der Waals surface area contributed by atoms with Gasteiger partial charge in [-0.3, -0.25) is 9.59 Å². The zero-order valence-corrected chi connectivity index (χ0v) is 18.9. The van der Waals surface area contributed by atoms with E-state index in [1.807, 2.05) is 64.1 Å². The number of ether oxygens (including phenoxy) is 2. The Balaban J connectivity index is 1.39. The molecular formula is C25H32N2O4. The molecule has 0 saturated carbocycles. The first-order valence-corrected chi connectivity index (χ1v) is 10.8. The SMILES string of the molecule is Cc1ccc(OCC(=O)N2CCC(NC(=O)COc3cccc(C)c3C)CC2)c(C)c1. The number of benzene rings is 2. The zero-order chi connectivity index (χ0) is 22.4. The first-order valence-electron chi connectivity index (χ1n) is 10.8. The quantitative estimate of drug-likeness (QED) is 0.739. The van der Waals surface area contributed by atoms with Gasteiger partial charge in [0, 0.05) is 19.1 Å². The van der Waals surface area contributed by atoms with E-state index in [4.69, 9.17) is 9.47 Å². The molecule has 1 aliphatic heterocycles. The van der Waals surface area contributed by atoms with Crippen LogP contribution in [0.25, 0.3) is 0 Å². The van der Waals surface area contributed by atoms with Gasteiger partial charge in [0.2, 0.25) is 0 Å². The highest BCUT2D eigenvalue weighted by Crippen LogP contribution is 2.21. The van der Waals surface area contributed by atoms with E-state index in [0.717, 1.165) is 41.0 Å². The maximum absolute atomic E-state index is 12.5. The number of carbonyl (C=O) groups is 2. The molecule has 0 bridgehead atoms. The number of rotatable bonds is 7. The van der Waals surface area contributed by atoms with E-state index >= 15 is 0 Å². The van der Waals surface area contributed by atoms with Gasteiger partial charge in [0.1, 0.15) is 11.5 Å². The molecule has 1 aliphatic rings. The number of amides is 2. The second-order valence-electron chi connectivity index (χ2n) is 8.27. The summed E-state index contributed by atoms with van der Waals surface area (Å²) < 4.78 is 11.4. The summed E-state index contributed by atoms with van der Waals surface area (Å²) in [4.78, 5) is 26.6. The van der Waals surface area contributed by atoms with Gasteiger partial charge in [-0.15, -0.1) is 0 Å². The van der Waals surface area contributed by atoms with Gasteiger partial charge < -0.3 is 19.7 Å². The van der Waals surface area contributed by atoms with Gasteiger partial charge >= 0.3 is 0 Å². The summed E-state index contributed by atoms with van der Waals surface area (Å²) in [5.74, 6) is 1.32. The van der Waals surface area contributed by atoms with E-state index in [0.29, 0.717) is 13.1 Å². The van der Waals surface area contributed by atoms with Crippen molar-refractivity contribution in [3.63, 3.8) is 0 Å². The van der Waals surface area contributed by atoms with Crippen LogP contribution in [0.4, 0.5) is 0 Å². The highest BCUT2D eigenvalue weighted by atomic mass is 16.5. The largest absolute Gasteiger partial charge is 0.484 e. The Kier molecular flexibility index (Phi) is 7.55. The van der Waals surface area contributed by atoms with Crippen LogP contribution in [0.1, 0.15) is 35.1 Å². The number of nitrogens with one attached hydrogen (secondary N) is 1. The first-order chi connectivity index (χ1) is 14.8. The highest BCUT2D eigenvalue weighted by Gasteiger charge is 2.24. The van der Waals surface area contributed by atoms with Crippen LogP contribution in [0, 0.1) is 27.7 Å². The molecule has 0 aromatic heterocycles. The molecule has 1 fully saturated rings. The smallest absolute Gasteiger partial charge is 0.260 e. The molecule has 3 rings (SSSR count). The second-order valence-corrected chi connectivity index (χ2v) is 8.27. The van der Waals surface area contributed by atoms with Crippen molar-refractivity contribution in [1.29, 1.82) is 0 Å². The Hall–Kier alpha value is -3.02. The van der Waals surface area contributed by atoms with Gasteiger partial charge in [-0.25, -0.2) is 0 Å². The van der Waals surface area contributed by atoms with Crippen molar-refractivity contribution in [2.45, 2.75) is 46.6 Å². The van der Waals surface area contributed by atoms with E-state index in [1.165, 1.54) is 5.56 Å². The summed E-state index contributed by atoms with van der Waals surface area (Å²) in [6, 6.07) is 11.8. The summed E-state index contributed by atoms with van der Waals surface area (Å²) in [5.41, 5.74) is 4.37. The van der Waals surface area contributed by atoms with E-state index < -0.39 is 0 Å². The lowest BCUT2D eigenvalue weighted by Gasteiger charge is -2.32. The average molecular weight is 425 g/mol. The standard InChI is InChI=1S/C25H32N2O4/c1-17-8-9-22(19(3)14-17)31-16-25(29)27-12-10-21(11-13-27)26-24(28)15-30-23-7-5-6-18(2)20(23)4/h5-9,14,21H,10-13,15-16H2,1-4H3,(H,26,28). The molecule has 2 amide bonds. The van der Waals surface area contributed by atoms with Crippen LogP contribution in [0.2, 0.25) is 0 Å². The van der Waals surface area contributed by atoms with Crippen LogP contribution >= 0.6 is 0 Å². The van der Waals surface area contributed by atoms with Crippen molar-refractivity contribution in [2.24, 2.45) is 0 Å². The molecule has 0 unspecified atom stereocenters. The fraction of sp³-hybridized carbons (Fsp3) is 0.440. The third-order valence-corrected chi connectivity index (χ3v) is 5.81. The van der Waals surface area contributed by atoms with Gasteiger partial charge in [0.25, 0.3) is 11.8 Å². The molecule has 1 heterocycles. The van der Waals surface area contributed by atoms with Gasteiger partial charge in [-0.1, -0.05) is 29.8 Å². The van der Waals surface area contributed by atoms with Crippen molar-refractivity contribution in [3.05, 3.63) is 58.7 Å². The summed E-state index contributed by atoms with van der Waals surface area (Å²) in [6.07, 6.45) is 1.45. The van der Waals surface area contributed by atoms with E-state index in [9.17, 15) is 9.59 Å². The molecule has 1 N–H and O–H groups in total. The van der Waals surface area contributed by atoms with Crippen LogP contribution in [0.3, 0.4) is 0 Å². The first kappa shape index (κ1) is 22.7. The maximum atomic E-state index is 12.5. The van der Waals surface area contributed by atoms with Gasteiger partial charge in [0.15, 0.2) is 13.2 Å². The monoisotopic (exact) mass is 424 g/mol. The zero-order valence-electron chi connectivity index (χ0n) is 18.9. The average Bonchev–Trinajstić information content (AvgIpc) is 2.74. The lowest BCUT2D eigenvalue weighted by Crippen LogP contribution is -2.48. The minimum atomic E-state index is -0.135. The highest BCUT2D eigenvalue weighted by molar-refractivity contribution is 5.79. The summed E-state index contributed by atoms with van der Waals surface area (Å²) >= 11 is 0. The second kappa shape index (κ2) is 10.3. The molecule has 0 aliphatic carbocycles. The summed E-state index contributed by atoms with van der Waals surface area (Å²) in [7, 11) is 0. The minimum absolute atomic E-state index is 0.00677. The van der Waals surface area contributed by atoms with Crippen LogP contribution in [-0.2, 0) is 9.59 Å². The molecule has 6 nitrogen and oxygen atoms in total. The van der Waals surface area contributed by atoms with Crippen molar-refractivity contribution >= 4 is 11.8 Å². The predicted molar refractivity (Wildman–Crippen MR) is 121 cm³/mol. The lowest BCUT2D eigenvalue weighted by molar-refractivity contribution is -0.134. The van der Waals surface area contributed by atoms with Crippen LogP contribution in [-0.4, -0.2) is 49.1 Å². The Bertz CT molecular complexity index is 933. The Labute approximate surface area is 184 Å². The van der Waals surface area contributed by atoms with Crippen LogP contribution in [0.5, 0.6) is 11.5 Å². The number of hydrogen-bond donors (Lipinski definition) is 1. The number of carbonyl (C=O) groups excluding carboxylic acids is 2. The van der Waals surface area contributed by atoms with E-state index in [2.05, 4.69) is 5.32 Å². The number of piperidine rings is 1. The molecule has 0 radical (unpaired) electrons. The molecular weight excluding hydrogens is 392 g/mol. The molecule has 1 saturated heterocycles. The van der Waals surface area contributed by atoms with E-state index in [-0.39, 0.29) is 31.1 Å². The minimum Gasteiger partial charge on any atom is -0.484 e. The number of likely N-dealkylation sites (tertiary alicyclic amines) is 1. The van der Waals surface area contributed by atoms with Crippen molar-refractivity contribution < 1.29 is 19.1 Å². The number of hydrogen-bond acceptors (Lipinski definition) is 4. The van der Waals surface area contributed by atoms with Gasteiger partial charge in [-0.05, 0) is 69.4 Å². The molecule has 6 heteroatoms. The predicted octanol–water partition coefficient (Wildman–Crippen LogP) is 3.49. The molecule has 2 aromatic rings. The normalized spacial score (nSPS) is 14.3. The Morgan fingerprint density at radius 3 is 2.35 bits per heavy atom. The van der Waals surface area contributed by atoms with Crippen molar-refractivity contribution in [2.75, 3.05) is 26.3 Å². The maximum Gasteiger partial charge on any atom is 0.260 e.